The van der Waals surface area contributed by atoms with Crippen LogP contribution in [-0.4, -0.2) is 16.8 Å². The zero-order valence-electron chi connectivity index (χ0n) is 10.1. The van der Waals surface area contributed by atoms with Crippen molar-refractivity contribution in [1.29, 1.82) is 0 Å². The van der Waals surface area contributed by atoms with Gasteiger partial charge in [0, 0.05) is 5.92 Å². The van der Waals surface area contributed by atoms with Crippen LogP contribution in [0.2, 0.25) is 0 Å². The summed E-state index contributed by atoms with van der Waals surface area (Å²) >= 11 is 0. The molecule has 3 nitrogen and oxygen atoms in total. The molecular formula is C13H18N2O. The Hall–Kier alpha value is -1.47. The standard InChI is InChI=1S/C13H18N2O/c1-10-5-4-8-13(2,3)12(10)7-6-11(16)9-15-14/h5-7,9,12H,4,8H2,1-3H3/b7-6+. The van der Waals surface area contributed by atoms with Gasteiger partial charge in [-0.15, -0.1) is 0 Å². The summed E-state index contributed by atoms with van der Waals surface area (Å²) in [6.45, 7) is 6.52. The number of rotatable bonds is 3. The normalized spacial score (nSPS) is 23.7. The van der Waals surface area contributed by atoms with Crippen molar-refractivity contribution in [2.45, 2.75) is 33.6 Å². The summed E-state index contributed by atoms with van der Waals surface area (Å²) in [5, 5.41) is 0. The summed E-state index contributed by atoms with van der Waals surface area (Å²) in [6.07, 6.45) is 8.76. The molecule has 0 amide bonds. The highest BCUT2D eigenvalue weighted by atomic mass is 16.1. The lowest BCUT2D eigenvalue weighted by molar-refractivity contribution is -0.111. The highest BCUT2D eigenvalue weighted by molar-refractivity contribution is 6.30. The van der Waals surface area contributed by atoms with Crippen LogP contribution in [0.3, 0.4) is 0 Å². The topological polar surface area (TPSA) is 53.5 Å². The van der Waals surface area contributed by atoms with Gasteiger partial charge in [-0.3, -0.25) is 4.79 Å². The number of nitrogens with zero attached hydrogens (tertiary/aromatic N) is 2. The Kier molecular flexibility index (Phi) is 3.97. The molecular weight excluding hydrogens is 200 g/mol. The Labute approximate surface area is 96.5 Å². The van der Waals surface area contributed by atoms with E-state index in [9.17, 15) is 4.79 Å². The van der Waals surface area contributed by atoms with Crippen LogP contribution >= 0.6 is 0 Å². The predicted octanol–water partition coefficient (Wildman–Crippen LogP) is 2.79. The van der Waals surface area contributed by atoms with E-state index in [0.717, 1.165) is 19.1 Å². The first-order valence-electron chi connectivity index (χ1n) is 5.53. The Balaban J connectivity index is 2.85. The lowest BCUT2D eigenvalue weighted by Crippen LogP contribution is -2.26. The monoisotopic (exact) mass is 218 g/mol. The average molecular weight is 218 g/mol. The van der Waals surface area contributed by atoms with Gasteiger partial charge >= 0.3 is 6.21 Å². The van der Waals surface area contributed by atoms with Gasteiger partial charge in [-0.25, -0.2) is 0 Å². The summed E-state index contributed by atoms with van der Waals surface area (Å²) in [5.41, 5.74) is 9.72. The first kappa shape index (κ1) is 12.6. The zero-order valence-corrected chi connectivity index (χ0v) is 10.1. The Morgan fingerprint density at radius 2 is 2.31 bits per heavy atom. The van der Waals surface area contributed by atoms with Gasteiger partial charge in [0.05, 0.1) is 0 Å². The van der Waals surface area contributed by atoms with Crippen LogP contribution in [0.25, 0.3) is 5.53 Å². The van der Waals surface area contributed by atoms with E-state index in [1.165, 1.54) is 11.6 Å². The van der Waals surface area contributed by atoms with Crippen molar-refractivity contribution in [2.24, 2.45) is 11.3 Å². The van der Waals surface area contributed by atoms with E-state index in [1.54, 1.807) is 0 Å². The highest BCUT2D eigenvalue weighted by Gasteiger charge is 2.30. The maximum atomic E-state index is 11.2. The van der Waals surface area contributed by atoms with Gasteiger partial charge in [-0.1, -0.05) is 31.6 Å². The highest BCUT2D eigenvalue weighted by Crippen LogP contribution is 2.41. The zero-order chi connectivity index (χ0) is 12.2. The summed E-state index contributed by atoms with van der Waals surface area (Å²) in [4.78, 5) is 13.9. The van der Waals surface area contributed by atoms with Gasteiger partial charge in [-0.2, -0.15) is 4.79 Å². The van der Waals surface area contributed by atoms with Crippen molar-refractivity contribution < 1.29 is 9.58 Å². The quantitative estimate of drug-likeness (QED) is 0.236. The second-order valence-electron chi connectivity index (χ2n) is 4.96. The number of hydrogen-bond acceptors (Lipinski definition) is 1. The summed E-state index contributed by atoms with van der Waals surface area (Å²) < 4.78 is 0. The predicted molar refractivity (Wildman–Crippen MR) is 64.1 cm³/mol. The van der Waals surface area contributed by atoms with Crippen molar-refractivity contribution in [3.8, 4) is 0 Å². The molecule has 3 heteroatoms. The van der Waals surface area contributed by atoms with Crippen LogP contribution in [0.1, 0.15) is 33.6 Å². The molecule has 0 radical (unpaired) electrons. The lowest BCUT2D eigenvalue weighted by Gasteiger charge is -2.36. The number of carbonyl (C=O) groups is 1. The first-order valence-corrected chi connectivity index (χ1v) is 5.53. The molecule has 0 N–H and O–H groups in total. The molecule has 1 atom stereocenters. The molecule has 0 aromatic carbocycles. The van der Waals surface area contributed by atoms with Gasteiger partial charge in [0.2, 0.25) is 0 Å². The molecule has 0 saturated heterocycles. The van der Waals surface area contributed by atoms with Gasteiger partial charge in [0.15, 0.2) is 0 Å². The maximum Gasteiger partial charge on any atom is 0.327 e. The second kappa shape index (κ2) is 5.04. The molecule has 0 bridgehead atoms. The summed E-state index contributed by atoms with van der Waals surface area (Å²) in [7, 11) is 0. The molecule has 86 valence electrons. The molecule has 1 aliphatic rings. The smallest absolute Gasteiger partial charge is 0.327 e. The SMILES string of the molecule is CC1=CCCC(C)(C)C1/C=C/C(=O)C=[N+]=[N-]. The molecule has 0 spiro atoms. The van der Waals surface area contributed by atoms with Crippen LogP contribution in [0.15, 0.2) is 23.8 Å². The summed E-state index contributed by atoms with van der Waals surface area (Å²) in [5.74, 6) is 0.00830. The largest absolute Gasteiger partial charge is 0.361 e. The van der Waals surface area contributed by atoms with E-state index in [4.69, 9.17) is 5.53 Å². The van der Waals surface area contributed by atoms with Gasteiger partial charge in [-0.05, 0) is 31.3 Å². The molecule has 0 aromatic rings. The van der Waals surface area contributed by atoms with Crippen LogP contribution in [0.4, 0.5) is 0 Å². The minimum absolute atomic E-state index is 0.186. The molecule has 0 aliphatic heterocycles. The number of carbonyl (C=O) groups excluding carboxylic acids is 1. The third kappa shape index (κ3) is 3.01. The van der Waals surface area contributed by atoms with Crippen molar-refractivity contribution in [3.05, 3.63) is 29.3 Å². The minimum atomic E-state index is -0.281. The lowest BCUT2D eigenvalue weighted by atomic mass is 9.68. The number of ketones is 1. The minimum Gasteiger partial charge on any atom is -0.361 e. The van der Waals surface area contributed by atoms with Crippen molar-refractivity contribution in [1.82, 2.24) is 0 Å². The average Bonchev–Trinajstić information content (AvgIpc) is 2.16. The van der Waals surface area contributed by atoms with Crippen molar-refractivity contribution >= 4 is 12.0 Å². The molecule has 1 unspecified atom stereocenters. The molecule has 16 heavy (non-hydrogen) atoms. The van der Waals surface area contributed by atoms with E-state index >= 15 is 0 Å². The van der Waals surface area contributed by atoms with Crippen LogP contribution in [0.5, 0.6) is 0 Å². The van der Waals surface area contributed by atoms with Crippen LogP contribution in [0, 0.1) is 11.3 Å². The van der Waals surface area contributed by atoms with E-state index in [-0.39, 0.29) is 17.1 Å². The first-order chi connectivity index (χ1) is 7.47. The van der Waals surface area contributed by atoms with E-state index in [0.29, 0.717) is 0 Å². The molecule has 0 aromatic heterocycles. The molecule has 0 saturated carbocycles. The van der Waals surface area contributed by atoms with Crippen molar-refractivity contribution in [2.75, 3.05) is 0 Å². The molecule has 0 fully saturated rings. The Morgan fingerprint density at radius 3 is 2.88 bits per heavy atom. The Bertz CT molecular complexity index is 385. The fraction of sp³-hybridized carbons (Fsp3) is 0.538. The van der Waals surface area contributed by atoms with Gasteiger partial charge in [0.1, 0.15) is 0 Å². The van der Waals surface area contributed by atoms with E-state index in [2.05, 4.69) is 31.6 Å². The summed E-state index contributed by atoms with van der Waals surface area (Å²) in [6, 6.07) is 0. The van der Waals surface area contributed by atoms with E-state index < -0.39 is 0 Å². The Morgan fingerprint density at radius 1 is 1.62 bits per heavy atom. The molecule has 0 heterocycles. The van der Waals surface area contributed by atoms with Gasteiger partial charge in [0.25, 0.3) is 5.78 Å². The van der Waals surface area contributed by atoms with E-state index in [1.807, 2.05) is 6.08 Å². The van der Waals surface area contributed by atoms with Crippen LogP contribution in [-0.2, 0) is 4.79 Å². The fourth-order valence-electron chi connectivity index (χ4n) is 2.27. The fourth-order valence-corrected chi connectivity index (χ4v) is 2.27. The third-order valence-corrected chi connectivity index (χ3v) is 3.23. The number of hydrogen-bond donors (Lipinski definition) is 0. The maximum absolute atomic E-state index is 11.2. The third-order valence-electron chi connectivity index (χ3n) is 3.23. The number of allylic oxidation sites excluding steroid dienone is 4. The molecule has 1 aliphatic carbocycles. The van der Waals surface area contributed by atoms with Gasteiger partial charge < -0.3 is 5.53 Å². The van der Waals surface area contributed by atoms with Crippen LogP contribution < -0.4 is 0 Å². The second-order valence-corrected chi connectivity index (χ2v) is 4.96. The van der Waals surface area contributed by atoms with Crippen molar-refractivity contribution in [3.63, 3.8) is 0 Å². The molecule has 1 rings (SSSR count).